The molecule has 4 aromatic rings. The fourth-order valence-corrected chi connectivity index (χ4v) is 3.40. The van der Waals surface area contributed by atoms with Crippen molar-refractivity contribution < 1.29 is 14.3 Å². The van der Waals surface area contributed by atoms with E-state index < -0.39 is 0 Å². The zero-order chi connectivity index (χ0) is 22.5. The zero-order valence-electron chi connectivity index (χ0n) is 18.4. The van der Waals surface area contributed by atoms with Crippen LogP contribution in [0, 0.1) is 6.92 Å². The summed E-state index contributed by atoms with van der Waals surface area (Å²) in [5.41, 5.74) is 3.78. The zero-order valence-corrected chi connectivity index (χ0v) is 18.4. The van der Waals surface area contributed by atoms with Crippen molar-refractivity contribution >= 4 is 11.6 Å². The third-order valence-electron chi connectivity index (χ3n) is 4.95. The second-order valence-corrected chi connectivity index (χ2v) is 7.66. The highest BCUT2D eigenvalue weighted by Crippen LogP contribution is 2.26. The van der Waals surface area contributed by atoms with Crippen molar-refractivity contribution in [3.05, 3.63) is 78.2 Å². The summed E-state index contributed by atoms with van der Waals surface area (Å²) < 4.78 is 13.0. The molecule has 0 unspecified atom stereocenters. The Labute approximate surface area is 187 Å². The molecule has 0 fully saturated rings. The summed E-state index contributed by atoms with van der Waals surface area (Å²) in [6, 6.07) is 17.3. The SMILES string of the molecule is Cc1c(C(=O)NCCOc2ccccc2)cnc2c(-c3ccc(OC(C)C)cc3)cnn12. The second-order valence-electron chi connectivity index (χ2n) is 7.66. The Bertz CT molecular complexity index is 1200. The van der Waals surface area contributed by atoms with Gasteiger partial charge < -0.3 is 14.8 Å². The molecule has 1 amide bonds. The van der Waals surface area contributed by atoms with Gasteiger partial charge in [0.2, 0.25) is 0 Å². The molecule has 164 valence electrons. The van der Waals surface area contributed by atoms with Crippen molar-refractivity contribution in [3.63, 3.8) is 0 Å². The van der Waals surface area contributed by atoms with E-state index in [-0.39, 0.29) is 12.0 Å². The van der Waals surface area contributed by atoms with Gasteiger partial charge in [-0.1, -0.05) is 30.3 Å². The third-order valence-corrected chi connectivity index (χ3v) is 4.95. The quantitative estimate of drug-likeness (QED) is 0.422. The van der Waals surface area contributed by atoms with E-state index in [1.54, 1.807) is 16.9 Å². The van der Waals surface area contributed by atoms with Crippen LogP contribution in [0.25, 0.3) is 16.8 Å². The van der Waals surface area contributed by atoms with Crippen LogP contribution in [-0.4, -0.2) is 39.8 Å². The Balaban J connectivity index is 1.45. The molecule has 2 aromatic carbocycles. The molecule has 0 bridgehead atoms. The minimum Gasteiger partial charge on any atom is -0.492 e. The molecule has 0 aliphatic heterocycles. The maximum Gasteiger partial charge on any atom is 0.254 e. The summed E-state index contributed by atoms with van der Waals surface area (Å²) in [5.74, 6) is 1.38. The fourth-order valence-electron chi connectivity index (χ4n) is 3.40. The van der Waals surface area contributed by atoms with Crippen LogP contribution >= 0.6 is 0 Å². The Morgan fingerprint density at radius 3 is 2.50 bits per heavy atom. The van der Waals surface area contributed by atoms with Gasteiger partial charge in [-0.15, -0.1) is 0 Å². The summed E-state index contributed by atoms with van der Waals surface area (Å²) in [5, 5.41) is 7.34. The van der Waals surface area contributed by atoms with Crippen molar-refractivity contribution in [2.24, 2.45) is 0 Å². The first-order chi connectivity index (χ1) is 15.5. The summed E-state index contributed by atoms with van der Waals surface area (Å²) in [6.07, 6.45) is 3.49. The molecular formula is C25H26N4O3. The lowest BCUT2D eigenvalue weighted by Gasteiger charge is -2.11. The minimum absolute atomic E-state index is 0.122. The van der Waals surface area contributed by atoms with Gasteiger partial charge in [0.05, 0.1) is 30.1 Å². The van der Waals surface area contributed by atoms with E-state index >= 15 is 0 Å². The molecule has 4 rings (SSSR count). The van der Waals surface area contributed by atoms with E-state index in [4.69, 9.17) is 9.47 Å². The highest BCUT2D eigenvalue weighted by atomic mass is 16.5. The van der Waals surface area contributed by atoms with Crippen LogP contribution in [-0.2, 0) is 0 Å². The first kappa shape index (κ1) is 21.4. The lowest BCUT2D eigenvalue weighted by Crippen LogP contribution is -2.29. The summed E-state index contributed by atoms with van der Waals surface area (Å²) in [4.78, 5) is 17.2. The normalized spacial score (nSPS) is 11.0. The molecule has 7 nitrogen and oxygen atoms in total. The number of nitrogens with zero attached hydrogens (tertiary/aromatic N) is 3. The van der Waals surface area contributed by atoms with Crippen LogP contribution in [0.5, 0.6) is 11.5 Å². The molecule has 0 radical (unpaired) electrons. The lowest BCUT2D eigenvalue weighted by molar-refractivity contribution is 0.0945. The summed E-state index contributed by atoms with van der Waals surface area (Å²) in [6.45, 7) is 6.62. The first-order valence-electron chi connectivity index (χ1n) is 10.6. The van der Waals surface area contributed by atoms with Crippen LogP contribution in [0.2, 0.25) is 0 Å². The van der Waals surface area contributed by atoms with E-state index in [2.05, 4.69) is 15.4 Å². The van der Waals surface area contributed by atoms with E-state index in [9.17, 15) is 4.79 Å². The molecule has 0 aliphatic rings. The van der Waals surface area contributed by atoms with Gasteiger partial charge in [-0.2, -0.15) is 5.10 Å². The van der Waals surface area contributed by atoms with Crippen molar-refractivity contribution in [3.8, 4) is 22.6 Å². The highest BCUT2D eigenvalue weighted by Gasteiger charge is 2.16. The monoisotopic (exact) mass is 430 g/mol. The van der Waals surface area contributed by atoms with Gasteiger partial charge in [-0.05, 0) is 50.6 Å². The molecule has 0 saturated carbocycles. The maximum absolute atomic E-state index is 12.7. The topological polar surface area (TPSA) is 77.8 Å². The van der Waals surface area contributed by atoms with Gasteiger partial charge >= 0.3 is 0 Å². The summed E-state index contributed by atoms with van der Waals surface area (Å²) >= 11 is 0. The molecule has 32 heavy (non-hydrogen) atoms. The van der Waals surface area contributed by atoms with Crippen molar-refractivity contribution in [2.75, 3.05) is 13.2 Å². The summed E-state index contributed by atoms with van der Waals surface area (Å²) in [7, 11) is 0. The third kappa shape index (κ3) is 4.72. The van der Waals surface area contributed by atoms with Crippen LogP contribution in [0.15, 0.2) is 67.0 Å². The predicted octanol–water partition coefficient (Wildman–Crippen LogP) is 4.30. The standard InChI is InChI=1S/C25H26N4O3/c1-17(2)32-21-11-9-19(10-12-21)23-16-28-29-18(3)22(15-27-24(23)29)25(30)26-13-14-31-20-7-5-4-6-8-20/h4-12,15-17H,13-14H2,1-3H3,(H,26,30). The number of rotatable bonds is 8. The number of hydrogen-bond donors (Lipinski definition) is 1. The molecule has 2 aromatic heterocycles. The Kier molecular flexibility index (Phi) is 6.35. The molecule has 0 spiro atoms. The maximum atomic E-state index is 12.7. The number of para-hydroxylation sites is 1. The predicted molar refractivity (Wildman–Crippen MR) is 123 cm³/mol. The number of ether oxygens (including phenoxy) is 2. The number of nitrogens with one attached hydrogen (secondary N) is 1. The van der Waals surface area contributed by atoms with Crippen LogP contribution in [0.3, 0.4) is 0 Å². The van der Waals surface area contributed by atoms with Crippen LogP contribution in [0.1, 0.15) is 29.9 Å². The van der Waals surface area contributed by atoms with E-state index in [1.165, 1.54) is 0 Å². The van der Waals surface area contributed by atoms with Crippen LogP contribution < -0.4 is 14.8 Å². The van der Waals surface area contributed by atoms with Gasteiger partial charge in [0, 0.05) is 11.8 Å². The fraction of sp³-hybridized carbons (Fsp3) is 0.240. The van der Waals surface area contributed by atoms with Gasteiger partial charge in [0.15, 0.2) is 5.65 Å². The Morgan fingerprint density at radius 1 is 1.03 bits per heavy atom. The average Bonchev–Trinajstić information content (AvgIpc) is 3.23. The molecular weight excluding hydrogens is 404 g/mol. The first-order valence-corrected chi connectivity index (χ1v) is 10.6. The number of fused-ring (bicyclic) bond motifs is 1. The Morgan fingerprint density at radius 2 is 1.78 bits per heavy atom. The van der Waals surface area contributed by atoms with Crippen LogP contribution in [0.4, 0.5) is 0 Å². The number of aryl methyl sites for hydroxylation is 1. The highest BCUT2D eigenvalue weighted by molar-refractivity contribution is 5.95. The van der Waals surface area contributed by atoms with Gasteiger partial charge in [-0.25, -0.2) is 9.50 Å². The van der Waals surface area contributed by atoms with Crippen molar-refractivity contribution in [1.82, 2.24) is 19.9 Å². The minimum atomic E-state index is -0.208. The van der Waals surface area contributed by atoms with E-state index in [0.717, 1.165) is 28.3 Å². The Hall–Kier alpha value is -3.87. The molecule has 0 atom stereocenters. The number of hydrogen-bond acceptors (Lipinski definition) is 5. The lowest BCUT2D eigenvalue weighted by atomic mass is 10.1. The van der Waals surface area contributed by atoms with Crippen molar-refractivity contribution in [1.29, 1.82) is 0 Å². The van der Waals surface area contributed by atoms with Gasteiger partial charge in [0.1, 0.15) is 18.1 Å². The van der Waals surface area contributed by atoms with E-state index in [0.29, 0.717) is 24.4 Å². The van der Waals surface area contributed by atoms with Gasteiger partial charge in [0.25, 0.3) is 5.91 Å². The number of benzene rings is 2. The smallest absolute Gasteiger partial charge is 0.254 e. The number of aromatic nitrogens is 3. The molecule has 0 aliphatic carbocycles. The largest absolute Gasteiger partial charge is 0.492 e. The number of carbonyl (C=O) groups is 1. The van der Waals surface area contributed by atoms with Crippen molar-refractivity contribution in [2.45, 2.75) is 26.9 Å². The van der Waals surface area contributed by atoms with E-state index in [1.807, 2.05) is 75.4 Å². The molecule has 0 saturated heterocycles. The molecule has 1 N–H and O–H groups in total. The molecule has 2 heterocycles. The number of carbonyl (C=O) groups excluding carboxylic acids is 1. The average molecular weight is 431 g/mol. The second kappa shape index (κ2) is 9.51. The molecule has 7 heteroatoms. The number of amides is 1. The van der Waals surface area contributed by atoms with Gasteiger partial charge in [-0.3, -0.25) is 4.79 Å².